The van der Waals surface area contributed by atoms with E-state index in [1.807, 2.05) is 13.0 Å². The second-order valence-electron chi connectivity index (χ2n) is 16.0. The molecule has 0 saturated heterocycles. The molecule has 7 heteroatoms. The summed E-state index contributed by atoms with van der Waals surface area (Å²) in [7, 11) is 0. The summed E-state index contributed by atoms with van der Waals surface area (Å²) in [4.78, 5) is 27.2. The zero-order valence-electron chi connectivity index (χ0n) is 30.2. The second kappa shape index (κ2) is 15.3. The maximum atomic E-state index is 13.3. The van der Waals surface area contributed by atoms with Crippen LogP contribution in [0.3, 0.4) is 0 Å². The van der Waals surface area contributed by atoms with Crippen LogP contribution in [0.15, 0.2) is 66.7 Å². The largest absolute Gasteiger partial charge is 0.507 e. The molecule has 0 spiro atoms. The number of aromatic hydroxyl groups is 2. The van der Waals surface area contributed by atoms with Crippen molar-refractivity contribution in [1.29, 1.82) is 0 Å². The number of hydrogen-bond acceptors (Lipinski definition) is 7. The van der Waals surface area contributed by atoms with Gasteiger partial charge in [-0.25, -0.2) is 19.7 Å². The Bertz CT molecular complexity index is 1690. The molecule has 2 N–H and O–H groups in total. The lowest BCUT2D eigenvalue weighted by atomic mass is 9.76. The Balaban J connectivity index is 1.55. The summed E-state index contributed by atoms with van der Waals surface area (Å²) in [6, 6.07) is 19.1. The van der Waals surface area contributed by atoms with Crippen LogP contribution in [0.1, 0.15) is 97.0 Å². The van der Waals surface area contributed by atoms with E-state index in [4.69, 9.17) is 4.74 Å². The lowest BCUT2D eigenvalue weighted by molar-refractivity contribution is 0.0356. The number of hydrogen-bond donors (Lipinski definition) is 2. The molecular weight excluding hydrogens is 598 g/mol. The molecular formula is C41H53N3O4. The minimum atomic E-state index is -0.354. The minimum Gasteiger partial charge on any atom is -0.507 e. The van der Waals surface area contributed by atoms with E-state index in [0.29, 0.717) is 51.9 Å². The van der Waals surface area contributed by atoms with E-state index in [1.54, 1.807) is 60.7 Å². The van der Waals surface area contributed by atoms with E-state index >= 15 is 0 Å². The Morgan fingerprint density at radius 3 is 1.90 bits per heavy atom. The molecule has 0 fully saturated rings. The first-order chi connectivity index (χ1) is 22.5. The molecule has 3 unspecified atom stereocenters. The Morgan fingerprint density at radius 1 is 0.729 bits per heavy atom. The highest BCUT2D eigenvalue weighted by molar-refractivity contribution is 5.90. The average Bonchev–Trinajstić information content (AvgIpc) is 2.99. The number of esters is 1. The van der Waals surface area contributed by atoms with Crippen LogP contribution in [-0.2, 0) is 4.74 Å². The number of aryl methyl sites for hydroxylation is 1. The number of benzene rings is 3. The van der Waals surface area contributed by atoms with Crippen molar-refractivity contribution in [3.05, 3.63) is 77.9 Å². The van der Waals surface area contributed by atoms with Crippen LogP contribution >= 0.6 is 0 Å². The summed E-state index contributed by atoms with van der Waals surface area (Å²) in [5.41, 5.74) is 3.39. The van der Waals surface area contributed by atoms with Gasteiger partial charge in [0, 0.05) is 5.56 Å². The third kappa shape index (κ3) is 10.4. The highest BCUT2D eigenvalue weighted by Crippen LogP contribution is 2.35. The highest BCUT2D eigenvalue weighted by Gasteiger charge is 2.26. The summed E-state index contributed by atoms with van der Waals surface area (Å²) in [5.74, 6) is 1.92. The smallest absolute Gasteiger partial charge is 0.338 e. The number of phenols is 2. The van der Waals surface area contributed by atoms with Gasteiger partial charge in [-0.15, -0.1) is 0 Å². The molecule has 0 amide bonds. The van der Waals surface area contributed by atoms with Crippen molar-refractivity contribution < 1.29 is 19.7 Å². The number of carbonyl (C=O) groups excluding carboxylic acids is 1. The minimum absolute atomic E-state index is 0.0330. The van der Waals surface area contributed by atoms with E-state index < -0.39 is 0 Å². The molecule has 7 nitrogen and oxygen atoms in total. The van der Waals surface area contributed by atoms with Gasteiger partial charge in [-0.3, -0.25) is 0 Å². The first-order valence-corrected chi connectivity index (χ1v) is 17.1. The lowest BCUT2D eigenvalue weighted by Crippen LogP contribution is -2.25. The topological polar surface area (TPSA) is 105 Å². The molecule has 256 valence electrons. The van der Waals surface area contributed by atoms with Gasteiger partial charge < -0.3 is 14.9 Å². The zero-order valence-corrected chi connectivity index (χ0v) is 30.2. The van der Waals surface area contributed by atoms with Crippen LogP contribution in [0, 0.1) is 35.5 Å². The number of nitrogens with zero attached hydrogens (tertiary/aromatic N) is 3. The van der Waals surface area contributed by atoms with Crippen LogP contribution in [0.4, 0.5) is 0 Å². The van der Waals surface area contributed by atoms with Crippen molar-refractivity contribution in [1.82, 2.24) is 15.0 Å². The number of para-hydroxylation sites is 1. The van der Waals surface area contributed by atoms with Crippen LogP contribution in [-0.4, -0.2) is 37.7 Å². The van der Waals surface area contributed by atoms with Crippen LogP contribution in [0.5, 0.6) is 11.5 Å². The summed E-state index contributed by atoms with van der Waals surface area (Å²) in [5, 5.41) is 21.3. The Kier molecular flexibility index (Phi) is 11.7. The molecule has 1 heterocycles. The van der Waals surface area contributed by atoms with E-state index in [1.165, 1.54) is 6.42 Å². The number of phenolic OH excluding ortho intramolecular Hbond substituents is 2. The fourth-order valence-electron chi connectivity index (χ4n) is 6.57. The van der Waals surface area contributed by atoms with E-state index in [0.717, 1.165) is 24.8 Å². The average molecular weight is 652 g/mol. The number of carbonyl (C=O) groups is 1. The summed E-state index contributed by atoms with van der Waals surface area (Å²) in [6.45, 7) is 20.6. The third-order valence-corrected chi connectivity index (χ3v) is 8.71. The van der Waals surface area contributed by atoms with Crippen molar-refractivity contribution in [2.24, 2.45) is 28.6 Å². The van der Waals surface area contributed by atoms with Crippen molar-refractivity contribution in [2.45, 2.75) is 88.0 Å². The quantitative estimate of drug-likeness (QED) is 0.147. The van der Waals surface area contributed by atoms with Gasteiger partial charge in [-0.2, -0.15) is 0 Å². The van der Waals surface area contributed by atoms with Crippen LogP contribution < -0.4 is 0 Å². The molecule has 4 aromatic rings. The number of ether oxygens (including phenoxy) is 1. The highest BCUT2D eigenvalue weighted by atomic mass is 16.5. The van der Waals surface area contributed by atoms with E-state index in [9.17, 15) is 15.0 Å². The molecule has 48 heavy (non-hydrogen) atoms. The Labute approximate surface area is 286 Å². The number of aromatic nitrogens is 3. The maximum absolute atomic E-state index is 13.3. The summed E-state index contributed by atoms with van der Waals surface area (Å²) < 4.78 is 5.96. The Hall–Kier alpha value is -4.26. The van der Waals surface area contributed by atoms with E-state index in [2.05, 4.69) is 70.3 Å². The molecule has 1 aromatic heterocycles. The molecule has 0 radical (unpaired) electrons. The fourth-order valence-corrected chi connectivity index (χ4v) is 6.57. The zero-order chi connectivity index (χ0) is 35.2. The molecule has 0 aliphatic heterocycles. The summed E-state index contributed by atoms with van der Waals surface area (Å²) >= 11 is 0. The first-order valence-electron chi connectivity index (χ1n) is 17.1. The van der Waals surface area contributed by atoms with Crippen molar-refractivity contribution in [2.75, 3.05) is 6.61 Å². The fraction of sp³-hybridized carbons (Fsp3) is 0.463. The predicted octanol–water partition coefficient (Wildman–Crippen LogP) is 10.3. The first kappa shape index (κ1) is 36.6. The molecule has 0 aliphatic carbocycles. The molecule has 0 saturated carbocycles. The molecule has 0 aliphatic rings. The Morgan fingerprint density at radius 2 is 1.31 bits per heavy atom. The van der Waals surface area contributed by atoms with Crippen molar-refractivity contribution in [3.63, 3.8) is 0 Å². The van der Waals surface area contributed by atoms with Gasteiger partial charge in [0.2, 0.25) is 0 Å². The van der Waals surface area contributed by atoms with E-state index in [-0.39, 0.29) is 40.5 Å². The predicted molar refractivity (Wildman–Crippen MR) is 194 cm³/mol. The van der Waals surface area contributed by atoms with Gasteiger partial charge in [-0.05, 0) is 96.7 Å². The maximum Gasteiger partial charge on any atom is 0.338 e. The van der Waals surface area contributed by atoms with Crippen molar-refractivity contribution in [3.8, 4) is 45.7 Å². The van der Waals surface area contributed by atoms with Gasteiger partial charge in [0.05, 0.1) is 23.3 Å². The van der Waals surface area contributed by atoms with Gasteiger partial charge in [-0.1, -0.05) is 92.1 Å². The molecule has 4 rings (SSSR count). The monoisotopic (exact) mass is 651 g/mol. The van der Waals surface area contributed by atoms with Gasteiger partial charge in [0.25, 0.3) is 0 Å². The van der Waals surface area contributed by atoms with Crippen molar-refractivity contribution >= 4 is 5.97 Å². The normalized spacial score (nSPS) is 13.9. The number of rotatable bonds is 12. The standard InChI is InChI=1S/C41H53N3O4/c1-26-15-21-33(35(46)22-26)38-43-36(42-37(44-38)32-12-10-11-13-34(32)45)29-17-19-30(20-18-29)39(47)48-25-31(28(3)24-41(7,8)9)16-14-27(2)23-40(4,5)6/h10-13,15,17-22,27-28,31,45-46H,14,16,23-25H2,1-9H3. The second-order valence-corrected chi connectivity index (χ2v) is 16.0. The van der Waals surface area contributed by atoms with Gasteiger partial charge in [0.1, 0.15) is 11.5 Å². The lowest BCUT2D eigenvalue weighted by Gasteiger charge is -2.31. The third-order valence-electron chi connectivity index (χ3n) is 8.71. The van der Waals surface area contributed by atoms with Gasteiger partial charge in [0.15, 0.2) is 17.5 Å². The summed E-state index contributed by atoms with van der Waals surface area (Å²) in [6.07, 6.45) is 4.37. The molecule has 3 atom stereocenters. The molecule has 3 aromatic carbocycles. The molecule has 0 bridgehead atoms. The SMILES string of the molecule is Cc1ccc(-c2nc(-c3ccc(C(=O)OCC(CCC(C)CC(C)(C)C)C(C)CC(C)(C)C)cc3)nc(-c3ccccc3O)n2)c(O)c1. The van der Waals surface area contributed by atoms with Crippen LogP contribution in [0.25, 0.3) is 34.2 Å². The van der Waals surface area contributed by atoms with Gasteiger partial charge >= 0.3 is 5.97 Å². The van der Waals surface area contributed by atoms with Crippen LogP contribution in [0.2, 0.25) is 0 Å².